The Kier molecular flexibility index (Phi) is 5.99. The van der Waals surface area contributed by atoms with Gasteiger partial charge in [-0.05, 0) is 57.8 Å². The Morgan fingerprint density at radius 3 is 2.73 bits per heavy atom. The fourth-order valence-corrected chi connectivity index (χ4v) is 3.53. The minimum Gasteiger partial charge on any atom is -0.464 e. The van der Waals surface area contributed by atoms with Crippen molar-refractivity contribution in [1.29, 1.82) is 0 Å². The Labute approximate surface area is 159 Å². The molecule has 0 saturated carbocycles. The first kappa shape index (κ1) is 18.9. The van der Waals surface area contributed by atoms with Gasteiger partial charge in [-0.1, -0.05) is 23.7 Å². The number of likely N-dealkylation sites (tertiary alicyclic amines) is 1. The largest absolute Gasteiger partial charge is 0.464 e. The van der Waals surface area contributed by atoms with Crippen molar-refractivity contribution in [1.82, 2.24) is 14.5 Å². The molecule has 3 rings (SSSR count). The molecule has 1 aromatic carbocycles. The first-order chi connectivity index (χ1) is 12.5. The monoisotopic (exact) mass is 375 g/mol. The minimum absolute atomic E-state index is 0.109. The molecule has 1 aliphatic rings. The molecular formula is C20H26ClN3O2. The van der Waals surface area contributed by atoms with Crippen LogP contribution in [0.2, 0.25) is 5.02 Å². The van der Waals surface area contributed by atoms with E-state index in [0.717, 1.165) is 25.9 Å². The Balaban J connectivity index is 1.60. The smallest absolute Gasteiger partial charge is 0.296 e. The molecule has 0 spiro atoms. The zero-order valence-corrected chi connectivity index (χ0v) is 16.4. The zero-order chi connectivity index (χ0) is 18.7. The second kappa shape index (κ2) is 8.23. The molecule has 0 amide bonds. The van der Waals surface area contributed by atoms with Crippen molar-refractivity contribution >= 4 is 17.4 Å². The maximum absolute atomic E-state index is 12.7. The molecule has 1 saturated heterocycles. The average molecular weight is 376 g/mol. The van der Waals surface area contributed by atoms with Gasteiger partial charge in [0.25, 0.3) is 6.01 Å². The second-order valence-electron chi connectivity index (χ2n) is 7.21. The Hall–Kier alpha value is -1.85. The molecule has 140 valence electrons. The molecule has 0 atom stereocenters. The molecule has 1 fully saturated rings. The molecule has 1 aromatic heterocycles. The zero-order valence-electron chi connectivity index (χ0n) is 15.6. The normalized spacial score (nSPS) is 16.2. The lowest BCUT2D eigenvalue weighted by Gasteiger charge is -2.34. The van der Waals surface area contributed by atoms with Crippen LogP contribution < -0.4 is 4.74 Å². The molecule has 0 unspecified atom stereocenters. The number of rotatable bonds is 6. The van der Waals surface area contributed by atoms with Crippen LogP contribution in [0.15, 0.2) is 30.5 Å². The predicted molar refractivity (Wildman–Crippen MR) is 103 cm³/mol. The molecule has 1 aliphatic heterocycles. The number of carbonyl (C=O) groups excluding carboxylic acids is 1. The van der Waals surface area contributed by atoms with E-state index in [4.69, 9.17) is 16.3 Å². The topological polar surface area (TPSA) is 47.4 Å². The van der Waals surface area contributed by atoms with Gasteiger partial charge in [0, 0.05) is 23.7 Å². The average Bonchev–Trinajstić information content (AvgIpc) is 3.00. The van der Waals surface area contributed by atoms with Crippen molar-refractivity contribution < 1.29 is 9.53 Å². The van der Waals surface area contributed by atoms with Crippen molar-refractivity contribution in [2.24, 2.45) is 13.0 Å². The fraction of sp³-hybridized carbons (Fsp3) is 0.500. The third-order valence-corrected chi connectivity index (χ3v) is 5.33. The van der Waals surface area contributed by atoms with Crippen LogP contribution in [0.3, 0.4) is 0 Å². The van der Waals surface area contributed by atoms with Gasteiger partial charge < -0.3 is 9.64 Å². The maximum Gasteiger partial charge on any atom is 0.296 e. The molecule has 2 aromatic rings. The van der Waals surface area contributed by atoms with E-state index >= 15 is 0 Å². The quantitative estimate of drug-likeness (QED) is 0.720. The van der Waals surface area contributed by atoms with Gasteiger partial charge in [0.15, 0.2) is 0 Å². The van der Waals surface area contributed by atoms with Crippen molar-refractivity contribution in [3.63, 3.8) is 0 Å². The van der Waals surface area contributed by atoms with Crippen molar-refractivity contribution in [3.8, 4) is 6.01 Å². The standard InChI is InChI=1S/C20H26ClN3O2/c1-14(2)24-9-7-15(8-10-24)13-26-20-22-12-18(23(20)3)19(25)16-5-4-6-17(21)11-16/h4-6,11-12,14-15H,7-10,13H2,1-3H3. The molecule has 5 nitrogen and oxygen atoms in total. The van der Waals surface area contributed by atoms with Crippen LogP contribution in [-0.2, 0) is 7.05 Å². The number of nitrogens with zero attached hydrogens (tertiary/aromatic N) is 3. The lowest BCUT2D eigenvalue weighted by atomic mass is 9.97. The lowest BCUT2D eigenvalue weighted by Crippen LogP contribution is -2.39. The summed E-state index contributed by atoms with van der Waals surface area (Å²) in [7, 11) is 1.81. The highest BCUT2D eigenvalue weighted by Crippen LogP contribution is 2.22. The Morgan fingerprint density at radius 1 is 1.35 bits per heavy atom. The third-order valence-electron chi connectivity index (χ3n) is 5.09. The van der Waals surface area contributed by atoms with Gasteiger partial charge in [-0.15, -0.1) is 0 Å². The predicted octanol–water partition coefficient (Wildman–Crippen LogP) is 3.80. The summed E-state index contributed by atoms with van der Waals surface area (Å²) in [5.74, 6) is 0.427. The number of hydrogen-bond donors (Lipinski definition) is 0. The number of piperidine rings is 1. The van der Waals surface area contributed by atoms with Crippen LogP contribution in [0.5, 0.6) is 6.01 Å². The number of carbonyl (C=O) groups is 1. The van der Waals surface area contributed by atoms with Crippen LogP contribution in [0, 0.1) is 5.92 Å². The van der Waals surface area contributed by atoms with E-state index in [1.807, 2.05) is 7.05 Å². The van der Waals surface area contributed by atoms with Gasteiger partial charge in [0.2, 0.25) is 5.78 Å². The van der Waals surface area contributed by atoms with E-state index in [9.17, 15) is 4.79 Å². The molecule has 0 aliphatic carbocycles. The van der Waals surface area contributed by atoms with E-state index in [1.54, 1.807) is 35.0 Å². The van der Waals surface area contributed by atoms with Gasteiger partial charge in [-0.2, -0.15) is 0 Å². The molecule has 6 heteroatoms. The third kappa shape index (κ3) is 4.27. The second-order valence-corrected chi connectivity index (χ2v) is 7.65. The molecule has 0 radical (unpaired) electrons. The minimum atomic E-state index is -0.109. The number of halogens is 1. The van der Waals surface area contributed by atoms with Crippen LogP contribution >= 0.6 is 11.6 Å². The maximum atomic E-state index is 12.7. The van der Waals surface area contributed by atoms with E-state index in [0.29, 0.717) is 40.9 Å². The number of ketones is 1. The summed E-state index contributed by atoms with van der Waals surface area (Å²) >= 11 is 5.98. The Morgan fingerprint density at radius 2 is 2.08 bits per heavy atom. The number of imidazole rings is 1. The highest BCUT2D eigenvalue weighted by molar-refractivity contribution is 6.31. The van der Waals surface area contributed by atoms with Gasteiger partial charge in [0.1, 0.15) is 5.69 Å². The molecule has 26 heavy (non-hydrogen) atoms. The molecular weight excluding hydrogens is 350 g/mol. The van der Waals surface area contributed by atoms with Crippen LogP contribution in [0.1, 0.15) is 42.7 Å². The van der Waals surface area contributed by atoms with Gasteiger partial charge in [-0.25, -0.2) is 4.98 Å². The molecule has 0 N–H and O–H groups in total. The number of ether oxygens (including phenoxy) is 1. The highest BCUT2D eigenvalue weighted by Gasteiger charge is 2.22. The Bertz CT molecular complexity index is 764. The fourth-order valence-electron chi connectivity index (χ4n) is 3.34. The summed E-state index contributed by atoms with van der Waals surface area (Å²) in [6, 6.07) is 8.03. The summed E-state index contributed by atoms with van der Waals surface area (Å²) in [6.45, 7) is 7.35. The summed E-state index contributed by atoms with van der Waals surface area (Å²) in [5, 5.41) is 0.544. The molecule has 0 bridgehead atoms. The van der Waals surface area contributed by atoms with Gasteiger partial charge in [0.05, 0.1) is 12.8 Å². The van der Waals surface area contributed by atoms with Crippen molar-refractivity contribution in [3.05, 3.63) is 46.7 Å². The van der Waals surface area contributed by atoms with Crippen LogP contribution in [0.4, 0.5) is 0 Å². The number of benzene rings is 1. The SMILES string of the molecule is CC(C)N1CCC(COc2ncc(C(=O)c3cccc(Cl)c3)n2C)CC1. The van der Waals surface area contributed by atoms with E-state index in [-0.39, 0.29) is 5.78 Å². The van der Waals surface area contributed by atoms with Gasteiger partial charge >= 0.3 is 0 Å². The first-order valence-corrected chi connectivity index (χ1v) is 9.52. The summed E-state index contributed by atoms with van der Waals surface area (Å²) < 4.78 is 7.63. The first-order valence-electron chi connectivity index (χ1n) is 9.14. The molecule has 2 heterocycles. The van der Waals surface area contributed by atoms with E-state index in [1.165, 1.54) is 0 Å². The number of hydrogen-bond acceptors (Lipinski definition) is 4. The van der Waals surface area contributed by atoms with Crippen LogP contribution in [0.25, 0.3) is 0 Å². The summed E-state index contributed by atoms with van der Waals surface area (Å²) in [4.78, 5) is 19.4. The van der Waals surface area contributed by atoms with Gasteiger partial charge in [-0.3, -0.25) is 9.36 Å². The highest BCUT2D eigenvalue weighted by atomic mass is 35.5. The van der Waals surface area contributed by atoms with Crippen molar-refractivity contribution in [2.45, 2.75) is 32.7 Å². The number of aromatic nitrogens is 2. The summed E-state index contributed by atoms with van der Waals surface area (Å²) in [6.07, 6.45) is 3.84. The van der Waals surface area contributed by atoms with Crippen molar-refractivity contribution in [2.75, 3.05) is 19.7 Å². The summed E-state index contributed by atoms with van der Waals surface area (Å²) in [5.41, 5.74) is 1.05. The van der Waals surface area contributed by atoms with E-state index in [2.05, 4.69) is 23.7 Å². The van der Waals surface area contributed by atoms with Crippen LogP contribution in [-0.4, -0.2) is 46.0 Å². The lowest BCUT2D eigenvalue weighted by molar-refractivity contribution is 0.102. The van der Waals surface area contributed by atoms with E-state index < -0.39 is 0 Å².